The van der Waals surface area contributed by atoms with Gasteiger partial charge in [0.1, 0.15) is 5.69 Å². The summed E-state index contributed by atoms with van der Waals surface area (Å²) < 4.78 is 0. The van der Waals surface area contributed by atoms with Crippen LogP contribution in [0.3, 0.4) is 0 Å². The molecule has 0 aliphatic heterocycles. The molecule has 0 amide bonds. The lowest BCUT2D eigenvalue weighted by Gasteiger charge is -2.00. The zero-order valence-corrected chi connectivity index (χ0v) is 8.34. The quantitative estimate of drug-likeness (QED) is 0.695. The molecule has 3 heteroatoms. The molecule has 0 aliphatic rings. The second kappa shape index (κ2) is 4.00. The Morgan fingerprint density at radius 2 is 1.87 bits per heavy atom. The van der Waals surface area contributed by atoms with E-state index in [0.717, 1.165) is 5.56 Å². The van der Waals surface area contributed by atoms with Crippen molar-refractivity contribution in [1.82, 2.24) is 9.97 Å². The van der Waals surface area contributed by atoms with Crippen molar-refractivity contribution < 1.29 is 4.79 Å². The van der Waals surface area contributed by atoms with Gasteiger partial charge in [0.05, 0.1) is 0 Å². The zero-order valence-electron chi connectivity index (χ0n) is 8.34. The molecule has 74 valence electrons. The van der Waals surface area contributed by atoms with Gasteiger partial charge in [-0.05, 0) is 6.07 Å². The van der Waals surface area contributed by atoms with Crippen molar-refractivity contribution in [1.29, 1.82) is 0 Å². The first-order valence-electron chi connectivity index (χ1n) is 4.67. The molecule has 1 aromatic carbocycles. The highest BCUT2D eigenvalue weighted by molar-refractivity contribution is 5.92. The van der Waals surface area contributed by atoms with Crippen molar-refractivity contribution in [3.05, 3.63) is 48.3 Å². The smallest absolute Gasteiger partial charge is 0.178 e. The number of hydrogen-bond donors (Lipinski definition) is 0. The van der Waals surface area contributed by atoms with Crippen LogP contribution >= 0.6 is 0 Å². The third-order valence-corrected chi connectivity index (χ3v) is 2.05. The van der Waals surface area contributed by atoms with Gasteiger partial charge in [-0.25, -0.2) is 9.97 Å². The van der Waals surface area contributed by atoms with Crippen LogP contribution in [0, 0.1) is 0 Å². The van der Waals surface area contributed by atoms with Gasteiger partial charge >= 0.3 is 0 Å². The van der Waals surface area contributed by atoms with E-state index >= 15 is 0 Å². The van der Waals surface area contributed by atoms with Crippen LogP contribution in [-0.2, 0) is 0 Å². The lowest BCUT2D eigenvalue weighted by molar-refractivity contribution is 0.101. The lowest BCUT2D eigenvalue weighted by atomic mass is 10.2. The number of benzene rings is 1. The third-order valence-electron chi connectivity index (χ3n) is 2.05. The fraction of sp³-hybridized carbons (Fsp3) is 0.0833. The highest BCUT2D eigenvalue weighted by Crippen LogP contribution is 2.13. The Kier molecular flexibility index (Phi) is 2.54. The summed E-state index contributed by atoms with van der Waals surface area (Å²) in [5.74, 6) is 0.540. The monoisotopic (exact) mass is 198 g/mol. The molecular weight excluding hydrogens is 188 g/mol. The highest BCUT2D eigenvalue weighted by Gasteiger charge is 2.04. The zero-order chi connectivity index (χ0) is 10.7. The largest absolute Gasteiger partial charge is 0.293 e. The Labute approximate surface area is 87.8 Å². The van der Waals surface area contributed by atoms with Crippen LogP contribution in [0.15, 0.2) is 42.6 Å². The van der Waals surface area contributed by atoms with Gasteiger partial charge in [0.15, 0.2) is 11.6 Å². The standard InChI is InChI=1S/C12H10N2O/c1-9(15)11-7-8-13-12(14-11)10-5-3-2-4-6-10/h2-8H,1H3. The summed E-state index contributed by atoms with van der Waals surface area (Å²) in [6.45, 7) is 1.50. The Morgan fingerprint density at radius 3 is 2.53 bits per heavy atom. The summed E-state index contributed by atoms with van der Waals surface area (Å²) in [6.07, 6.45) is 1.60. The van der Waals surface area contributed by atoms with E-state index in [1.54, 1.807) is 12.3 Å². The minimum Gasteiger partial charge on any atom is -0.293 e. The van der Waals surface area contributed by atoms with Crippen LogP contribution in [0.4, 0.5) is 0 Å². The van der Waals surface area contributed by atoms with Crippen LogP contribution in [-0.4, -0.2) is 15.8 Å². The van der Waals surface area contributed by atoms with Gasteiger partial charge in [0, 0.05) is 18.7 Å². The molecular formula is C12H10N2O. The van der Waals surface area contributed by atoms with Gasteiger partial charge in [0.2, 0.25) is 0 Å². The fourth-order valence-electron chi connectivity index (χ4n) is 1.28. The predicted molar refractivity (Wildman–Crippen MR) is 57.5 cm³/mol. The lowest BCUT2D eigenvalue weighted by Crippen LogP contribution is -1.99. The Balaban J connectivity index is 2.46. The molecule has 2 rings (SSSR count). The van der Waals surface area contributed by atoms with Gasteiger partial charge in [-0.1, -0.05) is 30.3 Å². The molecule has 0 unspecified atom stereocenters. The van der Waals surface area contributed by atoms with E-state index < -0.39 is 0 Å². The number of ketones is 1. The van der Waals surface area contributed by atoms with Gasteiger partial charge in [-0.2, -0.15) is 0 Å². The van der Waals surface area contributed by atoms with Crippen molar-refractivity contribution in [2.45, 2.75) is 6.92 Å². The molecule has 0 atom stereocenters. The van der Waals surface area contributed by atoms with Crippen molar-refractivity contribution in [2.24, 2.45) is 0 Å². The minimum atomic E-state index is -0.0467. The second-order valence-corrected chi connectivity index (χ2v) is 3.19. The van der Waals surface area contributed by atoms with E-state index in [9.17, 15) is 4.79 Å². The third kappa shape index (κ3) is 2.07. The molecule has 15 heavy (non-hydrogen) atoms. The molecule has 0 fully saturated rings. The van der Waals surface area contributed by atoms with Gasteiger partial charge in [-0.3, -0.25) is 4.79 Å². The first kappa shape index (κ1) is 9.52. The van der Waals surface area contributed by atoms with Crippen LogP contribution in [0.25, 0.3) is 11.4 Å². The topological polar surface area (TPSA) is 42.9 Å². The van der Waals surface area contributed by atoms with Crippen molar-refractivity contribution in [2.75, 3.05) is 0 Å². The van der Waals surface area contributed by atoms with E-state index in [0.29, 0.717) is 11.5 Å². The molecule has 0 saturated heterocycles. The van der Waals surface area contributed by atoms with Crippen LogP contribution < -0.4 is 0 Å². The number of Topliss-reactive ketones (excluding diaryl/α,β-unsaturated/α-hetero) is 1. The predicted octanol–water partition coefficient (Wildman–Crippen LogP) is 2.35. The summed E-state index contributed by atoms with van der Waals surface area (Å²) in [7, 11) is 0. The number of carbonyl (C=O) groups excluding carboxylic acids is 1. The molecule has 0 bridgehead atoms. The summed E-state index contributed by atoms with van der Waals surface area (Å²) in [5, 5.41) is 0. The molecule has 3 nitrogen and oxygen atoms in total. The molecule has 2 aromatic rings. The normalized spacial score (nSPS) is 9.93. The van der Waals surface area contributed by atoms with Gasteiger partial charge in [-0.15, -0.1) is 0 Å². The summed E-state index contributed by atoms with van der Waals surface area (Å²) in [6, 6.07) is 11.2. The van der Waals surface area contributed by atoms with E-state index in [2.05, 4.69) is 9.97 Å². The SMILES string of the molecule is CC(=O)c1ccnc(-c2ccccc2)n1. The minimum absolute atomic E-state index is 0.0467. The first-order chi connectivity index (χ1) is 7.27. The van der Waals surface area contributed by atoms with Gasteiger partial charge < -0.3 is 0 Å². The van der Waals surface area contributed by atoms with E-state index in [4.69, 9.17) is 0 Å². The number of rotatable bonds is 2. The average molecular weight is 198 g/mol. The number of nitrogens with zero attached hydrogens (tertiary/aromatic N) is 2. The molecule has 0 radical (unpaired) electrons. The van der Waals surface area contributed by atoms with Crippen LogP contribution in [0.5, 0.6) is 0 Å². The Bertz CT molecular complexity index is 480. The van der Waals surface area contributed by atoms with E-state index in [1.165, 1.54) is 6.92 Å². The molecule has 0 aliphatic carbocycles. The van der Waals surface area contributed by atoms with E-state index in [1.807, 2.05) is 30.3 Å². The molecule has 1 heterocycles. The maximum absolute atomic E-state index is 11.1. The fourth-order valence-corrected chi connectivity index (χ4v) is 1.28. The molecule has 0 saturated carbocycles. The second-order valence-electron chi connectivity index (χ2n) is 3.19. The number of carbonyl (C=O) groups is 1. The van der Waals surface area contributed by atoms with Crippen LogP contribution in [0.2, 0.25) is 0 Å². The van der Waals surface area contributed by atoms with Crippen molar-refractivity contribution in [3.63, 3.8) is 0 Å². The maximum Gasteiger partial charge on any atom is 0.178 e. The Hall–Kier alpha value is -2.03. The van der Waals surface area contributed by atoms with Gasteiger partial charge in [0.25, 0.3) is 0 Å². The number of hydrogen-bond acceptors (Lipinski definition) is 3. The summed E-state index contributed by atoms with van der Waals surface area (Å²) >= 11 is 0. The van der Waals surface area contributed by atoms with E-state index in [-0.39, 0.29) is 5.78 Å². The Morgan fingerprint density at radius 1 is 1.13 bits per heavy atom. The first-order valence-corrected chi connectivity index (χ1v) is 4.67. The average Bonchev–Trinajstić information content (AvgIpc) is 2.30. The molecule has 0 N–H and O–H groups in total. The molecule has 0 spiro atoms. The summed E-state index contributed by atoms with van der Waals surface area (Å²) in [5.41, 5.74) is 1.37. The number of aromatic nitrogens is 2. The van der Waals surface area contributed by atoms with Crippen LogP contribution in [0.1, 0.15) is 17.4 Å². The van der Waals surface area contributed by atoms with Crippen molar-refractivity contribution >= 4 is 5.78 Å². The summed E-state index contributed by atoms with van der Waals surface area (Å²) in [4.78, 5) is 19.4. The maximum atomic E-state index is 11.1. The molecule has 1 aromatic heterocycles. The highest BCUT2D eigenvalue weighted by atomic mass is 16.1. The van der Waals surface area contributed by atoms with Crippen molar-refractivity contribution in [3.8, 4) is 11.4 Å².